The molecule has 0 bridgehead atoms. The van der Waals surface area contributed by atoms with Crippen LogP contribution in [0.4, 0.5) is 15.9 Å². The smallest absolute Gasteiger partial charge is 0.246 e. The number of carbonyl (C=O) groups is 2. The molecule has 10 heteroatoms. The number of halogens is 1. The van der Waals surface area contributed by atoms with E-state index in [0.29, 0.717) is 54.4 Å². The topological polar surface area (TPSA) is 102 Å². The van der Waals surface area contributed by atoms with Crippen molar-refractivity contribution in [3.05, 3.63) is 77.4 Å². The zero-order valence-corrected chi connectivity index (χ0v) is 24.9. The molecule has 1 saturated heterocycles. The standard InChI is InChI=1S/C32H37FN6O3/c1-8-26(42)37-14-15-38(22(6)17-37)31(34-7)23-16-21(5)29(27-24(33)10-9-11-25(27)41)36-32(23)39(18-40)30-20(4)12-13-35-28(30)19(2)3/h8-13,16,18-19,22,41H,1,14-15,17H2,2-7H3/b34-31+. The van der Waals surface area contributed by atoms with Crippen LogP contribution >= 0.6 is 0 Å². The molecule has 0 spiro atoms. The normalized spacial score (nSPS) is 15.6. The first kappa shape index (κ1) is 30.4. The average molecular weight is 573 g/mol. The molecule has 3 aromatic rings. The zero-order chi connectivity index (χ0) is 30.7. The quantitative estimate of drug-likeness (QED) is 0.183. The molecule has 1 unspecified atom stereocenters. The number of piperazine rings is 1. The van der Waals surface area contributed by atoms with Crippen molar-refractivity contribution in [2.24, 2.45) is 4.99 Å². The molecule has 0 saturated carbocycles. The van der Waals surface area contributed by atoms with Crippen LogP contribution in [0.25, 0.3) is 11.3 Å². The van der Waals surface area contributed by atoms with Crippen molar-refractivity contribution >= 4 is 29.7 Å². The molecule has 1 aliphatic rings. The van der Waals surface area contributed by atoms with Crippen molar-refractivity contribution in [2.45, 2.75) is 46.6 Å². The van der Waals surface area contributed by atoms with Gasteiger partial charge in [0.15, 0.2) is 5.82 Å². The van der Waals surface area contributed by atoms with Crippen LogP contribution in [-0.2, 0) is 9.59 Å². The third-order valence-corrected chi connectivity index (χ3v) is 7.54. The molecule has 0 radical (unpaired) electrons. The van der Waals surface area contributed by atoms with Gasteiger partial charge in [-0.25, -0.2) is 9.37 Å². The van der Waals surface area contributed by atoms with E-state index >= 15 is 4.39 Å². The Morgan fingerprint density at radius 1 is 1.24 bits per heavy atom. The number of amidine groups is 1. The number of aromatic hydroxyl groups is 1. The molecule has 1 aromatic carbocycles. The summed E-state index contributed by atoms with van der Waals surface area (Å²) in [6.07, 6.45) is 3.69. The second-order valence-corrected chi connectivity index (χ2v) is 10.7. The van der Waals surface area contributed by atoms with Gasteiger partial charge in [-0.05, 0) is 68.2 Å². The second kappa shape index (κ2) is 12.5. The first-order chi connectivity index (χ1) is 20.0. The molecule has 2 amide bonds. The number of aryl methyl sites for hydroxylation is 2. The van der Waals surface area contributed by atoms with Crippen molar-refractivity contribution in [3.8, 4) is 17.0 Å². The molecule has 9 nitrogen and oxygen atoms in total. The first-order valence-corrected chi connectivity index (χ1v) is 13.9. The summed E-state index contributed by atoms with van der Waals surface area (Å²) in [5, 5.41) is 10.6. The van der Waals surface area contributed by atoms with Crippen molar-refractivity contribution in [1.82, 2.24) is 19.8 Å². The molecule has 1 atom stereocenters. The van der Waals surface area contributed by atoms with Gasteiger partial charge in [-0.2, -0.15) is 0 Å². The van der Waals surface area contributed by atoms with Gasteiger partial charge in [-0.1, -0.05) is 26.5 Å². The minimum Gasteiger partial charge on any atom is -0.507 e. The number of hydrogen-bond acceptors (Lipinski definition) is 6. The summed E-state index contributed by atoms with van der Waals surface area (Å²) >= 11 is 0. The number of phenols is 1. The van der Waals surface area contributed by atoms with Crippen molar-refractivity contribution in [1.29, 1.82) is 0 Å². The Bertz CT molecular complexity index is 1530. The summed E-state index contributed by atoms with van der Waals surface area (Å²) in [5.74, 6) is -0.247. The van der Waals surface area contributed by atoms with Gasteiger partial charge in [0.25, 0.3) is 0 Å². The number of benzene rings is 1. The van der Waals surface area contributed by atoms with Crippen LogP contribution in [0.15, 0.2) is 54.2 Å². The molecule has 0 aliphatic carbocycles. The number of phenolic OH excluding ortho intramolecular Hbond substituents is 1. The summed E-state index contributed by atoms with van der Waals surface area (Å²) in [4.78, 5) is 44.6. The Hall–Kier alpha value is -4.60. The number of carbonyl (C=O) groups excluding carboxylic acids is 2. The van der Waals surface area contributed by atoms with Crippen molar-refractivity contribution < 1.29 is 19.1 Å². The molecule has 220 valence electrons. The number of aromatic nitrogens is 2. The lowest BCUT2D eigenvalue weighted by atomic mass is 10.00. The van der Waals surface area contributed by atoms with E-state index in [-0.39, 0.29) is 40.7 Å². The van der Waals surface area contributed by atoms with Crippen LogP contribution in [0.2, 0.25) is 0 Å². The second-order valence-electron chi connectivity index (χ2n) is 10.7. The number of hydrogen-bond donors (Lipinski definition) is 1. The minimum atomic E-state index is -0.636. The maximum absolute atomic E-state index is 15.1. The minimum absolute atomic E-state index is 0.0128. The third kappa shape index (κ3) is 5.61. The van der Waals surface area contributed by atoms with Gasteiger partial charge in [0.1, 0.15) is 17.4 Å². The highest BCUT2D eigenvalue weighted by molar-refractivity contribution is 6.07. The van der Waals surface area contributed by atoms with Crippen LogP contribution in [0.1, 0.15) is 49.1 Å². The van der Waals surface area contributed by atoms with E-state index < -0.39 is 5.82 Å². The van der Waals surface area contributed by atoms with E-state index in [4.69, 9.17) is 4.98 Å². The van der Waals surface area contributed by atoms with E-state index in [1.165, 1.54) is 29.2 Å². The number of amides is 2. The van der Waals surface area contributed by atoms with Crippen LogP contribution in [0.5, 0.6) is 5.75 Å². The van der Waals surface area contributed by atoms with Gasteiger partial charge < -0.3 is 14.9 Å². The Balaban J connectivity index is 1.98. The number of rotatable bonds is 7. The molecule has 1 fully saturated rings. The van der Waals surface area contributed by atoms with Gasteiger partial charge in [-0.15, -0.1) is 0 Å². The van der Waals surface area contributed by atoms with Crippen LogP contribution < -0.4 is 4.90 Å². The predicted octanol–water partition coefficient (Wildman–Crippen LogP) is 5.12. The molecule has 1 N–H and O–H groups in total. The van der Waals surface area contributed by atoms with E-state index in [1.807, 2.05) is 39.8 Å². The van der Waals surface area contributed by atoms with Crippen molar-refractivity contribution in [3.63, 3.8) is 0 Å². The molecular formula is C32H37FN6O3. The zero-order valence-electron chi connectivity index (χ0n) is 24.9. The summed E-state index contributed by atoms with van der Waals surface area (Å²) < 4.78 is 15.1. The van der Waals surface area contributed by atoms with Crippen molar-refractivity contribution in [2.75, 3.05) is 31.6 Å². The molecule has 42 heavy (non-hydrogen) atoms. The fourth-order valence-electron chi connectivity index (χ4n) is 5.47. The van der Waals surface area contributed by atoms with Crippen LogP contribution in [0.3, 0.4) is 0 Å². The molecule has 2 aromatic heterocycles. The number of anilines is 2. The maximum atomic E-state index is 15.1. The molecular weight excluding hydrogens is 535 g/mol. The number of aliphatic imine (C=N–C) groups is 1. The Morgan fingerprint density at radius 3 is 2.57 bits per heavy atom. The predicted molar refractivity (Wildman–Crippen MR) is 163 cm³/mol. The Morgan fingerprint density at radius 2 is 1.98 bits per heavy atom. The van der Waals surface area contributed by atoms with Gasteiger partial charge in [0, 0.05) is 38.9 Å². The highest BCUT2D eigenvalue weighted by atomic mass is 19.1. The lowest BCUT2D eigenvalue weighted by Gasteiger charge is -2.41. The lowest BCUT2D eigenvalue weighted by Crippen LogP contribution is -2.55. The molecule has 1 aliphatic heterocycles. The fourth-order valence-corrected chi connectivity index (χ4v) is 5.47. The summed E-state index contributed by atoms with van der Waals surface area (Å²) in [7, 11) is 1.67. The number of nitrogens with zero attached hydrogens (tertiary/aromatic N) is 6. The van der Waals surface area contributed by atoms with Crippen LogP contribution in [0, 0.1) is 19.7 Å². The highest BCUT2D eigenvalue weighted by Gasteiger charge is 2.32. The fraction of sp³-hybridized carbons (Fsp3) is 0.344. The summed E-state index contributed by atoms with van der Waals surface area (Å²) in [6.45, 7) is 14.7. The van der Waals surface area contributed by atoms with Gasteiger partial charge >= 0.3 is 0 Å². The van der Waals surface area contributed by atoms with Gasteiger partial charge in [0.05, 0.1) is 28.2 Å². The average Bonchev–Trinajstić information content (AvgIpc) is 2.96. The SMILES string of the molecule is C=CC(=O)N1CCN(/C(=N/C)c2cc(C)c(-c3c(O)cccc3F)nc2N(C=O)c2c(C)ccnc2C(C)C)C(C)C1. The highest BCUT2D eigenvalue weighted by Crippen LogP contribution is 2.39. The maximum Gasteiger partial charge on any atom is 0.246 e. The monoisotopic (exact) mass is 572 g/mol. The Labute approximate surface area is 246 Å². The number of pyridine rings is 2. The summed E-state index contributed by atoms with van der Waals surface area (Å²) in [5.41, 5.74) is 3.37. The van der Waals surface area contributed by atoms with E-state index in [1.54, 1.807) is 25.1 Å². The molecule has 3 heterocycles. The largest absolute Gasteiger partial charge is 0.507 e. The van der Waals surface area contributed by atoms with Gasteiger partial charge in [0.2, 0.25) is 12.3 Å². The van der Waals surface area contributed by atoms with Gasteiger partial charge in [-0.3, -0.25) is 24.5 Å². The van der Waals surface area contributed by atoms with E-state index in [2.05, 4.69) is 21.5 Å². The Kier molecular flexibility index (Phi) is 9.04. The van der Waals surface area contributed by atoms with E-state index in [9.17, 15) is 14.7 Å². The van der Waals surface area contributed by atoms with E-state index in [0.717, 1.165) is 5.56 Å². The third-order valence-electron chi connectivity index (χ3n) is 7.54. The lowest BCUT2D eigenvalue weighted by molar-refractivity contribution is -0.128. The summed E-state index contributed by atoms with van der Waals surface area (Å²) in [6, 6.07) is 7.61. The van der Waals surface area contributed by atoms with Crippen LogP contribution in [-0.4, -0.2) is 75.8 Å². The molecule has 4 rings (SSSR count). The first-order valence-electron chi connectivity index (χ1n) is 13.9.